The molecule has 3 heteroatoms. The fraction of sp³-hybridized carbons (Fsp3) is 0. The summed E-state index contributed by atoms with van der Waals surface area (Å²) in [6.45, 7) is 0. The second-order valence-corrected chi connectivity index (χ2v) is 1.84. The number of nitrogens with one attached hydrogen (secondary N) is 1. The SMILES string of the molecule is N=CC1=CC(=O)C=CC1=O. The number of carbonyl (C=O) groups is 2. The molecule has 0 fully saturated rings. The molecule has 1 N–H and O–H groups in total. The van der Waals surface area contributed by atoms with Crippen LogP contribution in [0.4, 0.5) is 0 Å². The molecule has 0 saturated carbocycles. The van der Waals surface area contributed by atoms with Crippen molar-refractivity contribution >= 4 is 17.8 Å². The first-order valence-corrected chi connectivity index (χ1v) is 2.72. The molecular weight excluding hydrogens is 130 g/mol. The summed E-state index contributed by atoms with van der Waals surface area (Å²) in [4.78, 5) is 21.3. The van der Waals surface area contributed by atoms with Crippen molar-refractivity contribution in [1.29, 1.82) is 5.41 Å². The Morgan fingerprint density at radius 2 is 2.00 bits per heavy atom. The molecule has 0 unspecified atom stereocenters. The van der Waals surface area contributed by atoms with Gasteiger partial charge in [-0.2, -0.15) is 0 Å². The molecule has 0 bridgehead atoms. The Kier molecular flexibility index (Phi) is 1.58. The minimum atomic E-state index is -0.283. The van der Waals surface area contributed by atoms with E-state index in [4.69, 9.17) is 5.41 Å². The van der Waals surface area contributed by atoms with Gasteiger partial charge in [0.2, 0.25) is 0 Å². The average Bonchev–Trinajstić information content (AvgIpc) is 1.94. The normalized spacial score (nSPS) is 17.0. The summed E-state index contributed by atoms with van der Waals surface area (Å²) in [5.41, 5.74) is 0.146. The molecule has 3 nitrogen and oxygen atoms in total. The Bertz CT molecular complexity index is 261. The van der Waals surface area contributed by atoms with Crippen LogP contribution in [-0.4, -0.2) is 17.8 Å². The van der Waals surface area contributed by atoms with Gasteiger partial charge in [0.25, 0.3) is 0 Å². The van der Waals surface area contributed by atoms with E-state index in [-0.39, 0.29) is 17.1 Å². The molecule has 0 atom stereocenters. The first kappa shape index (κ1) is 6.61. The third kappa shape index (κ3) is 1.07. The Balaban J connectivity index is 3.00. The molecule has 0 aliphatic heterocycles. The first-order valence-electron chi connectivity index (χ1n) is 2.72. The largest absolute Gasteiger partial charge is 0.308 e. The van der Waals surface area contributed by atoms with Gasteiger partial charge < -0.3 is 5.41 Å². The number of carbonyl (C=O) groups excluding carboxylic acids is 2. The van der Waals surface area contributed by atoms with Crippen molar-refractivity contribution in [1.82, 2.24) is 0 Å². The number of rotatable bonds is 1. The summed E-state index contributed by atoms with van der Waals surface area (Å²) in [6, 6.07) is 0. The number of hydrogen-bond acceptors (Lipinski definition) is 3. The van der Waals surface area contributed by atoms with E-state index in [9.17, 15) is 9.59 Å². The Labute approximate surface area is 57.6 Å². The molecule has 10 heavy (non-hydrogen) atoms. The summed E-state index contributed by atoms with van der Waals surface area (Å²) in [5.74, 6) is -0.521. The molecule has 0 spiro atoms. The highest BCUT2D eigenvalue weighted by Gasteiger charge is 2.09. The minimum Gasteiger partial charge on any atom is -0.308 e. The van der Waals surface area contributed by atoms with Gasteiger partial charge in [0.1, 0.15) is 0 Å². The summed E-state index contributed by atoms with van der Waals surface area (Å²) < 4.78 is 0. The Morgan fingerprint density at radius 1 is 1.30 bits per heavy atom. The Hall–Kier alpha value is -1.51. The highest BCUT2D eigenvalue weighted by atomic mass is 16.1. The van der Waals surface area contributed by atoms with Gasteiger partial charge in [-0.15, -0.1) is 0 Å². The lowest BCUT2D eigenvalue weighted by Crippen LogP contribution is -2.07. The fourth-order valence-corrected chi connectivity index (χ4v) is 0.639. The van der Waals surface area contributed by atoms with E-state index in [1.54, 1.807) is 0 Å². The van der Waals surface area contributed by atoms with Crippen LogP contribution in [-0.2, 0) is 9.59 Å². The molecule has 0 amide bonds. The number of ketones is 2. The lowest BCUT2D eigenvalue weighted by molar-refractivity contribution is -0.114. The summed E-state index contributed by atoms with van der Waals surface area (Å²) in [6.07, 6.45) is 4.39. The predicted molar refractivity (Wildman–Crippen MR) is 36.0 cm³/mol. The summed E-state index contributed by atoms with van der Waals surface area (Å²) in [7, 11) is 0. The summed E-state index contributed by atoms with van der Waals surface area (Å²) in [5, 5.41) is 6.72. The maximum absolute atomic E-state index is 10.7. The molecule has 1 aliphatic rings. The molecule has 0 aromatic carbocycles. The molecule has 0 radical (unpaired) electrons. The highest BCUT2D eigenvalue weighted by molar-refractivity contribution is 6.26. The van der Waals surface area contributed by atoms with Crippen LogP contribution in [0.2, 0.25) is 0 Å². The van der Waals surface area contributed by atoms with Gasteiger partial charge in [-0.05, 0) is 18.2 Å². The average molecular weight is 135 g/mol. The van der Waals surface area contributed by atoms with Gasteiger partial charge in [-0.25, -0.2) is 0 Å². The first-order chi connectivity index (χ1) is 4.74. The number of hydrogen-bond donors (Lipinski definition) is 1. The maximum Gasteiger partial charge on any atom is 0.187 e. The zero-order valence-corrected chi connectivity index (χ0v) is 5.13. The zero-order chi connectivity index (χ0) is 7.56. The molecule has 0 aromatic rings. The van der Waals surface area contributed by atoms with Crippen LogP contribution >= 0.6 is 0 Å². The van der Waals surface area contributed by atoms with Gasteiger partial charge >= 0.3 is 0 Å². The third-order valence-corrected chi connectivity index (χ3v) is 1.14. The van der Waals surface area contributed by atoms with E-state index in [0.717, 1.165) is 12.3 Å². The van der Waals surface area contributed by atoms with Crippen LogP contribution in [0, 0.1) is 5.41 Å². The fourth-order valence-electron chi connectivity index (χ4n) is 0.639. The zero-order valence-electron chi connectivity index (χ0n) is 5.13. The lowest BCUT2D eigenvalue weighted by atomic mass is 10.1. The van der Waals surface area contributed by atoms with Gasteiger partial charge in [0.05, 0.1) is 0 Å². The molecule has 1 rings (SSSR count). The van der Waals surface area contributed by atoms with Gasteiger partial charge in [0.15, 0.2) is 11.6 Å². The number of allylic oxidation sites excluding steroid dienone is 4. The van der Waals surface area contributed by atoms with Crippen molar-refractivity contribution in [2.24, 2.45) is 0 Å². The van der Waals surface area contributed by atoms with Crippen LogP contribution < -0.4 is 0 Å². The molecule has 0 saturated heterocycles. The van der Waals surface area contributed by atoms with Crippen LogP contribution in [0.1, 0.15) is 0 Å². The third-order valence-electron chi connectivity index (χ3n) is 1.14. The summed E-state index contributed by atoms with van der Waals surface area (Å²) >= 11 is 0. The molecule has 50 valence electrons. The molecule has 0 heterocycles. The van der Waals surface area contributed by atoms with Crippen LogP contribution in [0.3, 0.4) is 0 Å². The smallest absolute Gasteiger partial charge is 0.187 e. The second-order valence-electron chi connectivity index (χ2n) is 1.84. The van der Waals surface area contributed by atoms with Gasteiger partial charge in [-0.1, -0.05) is 0 Å². The van der Waals surface area contributed by atoms with Crippen molar-refractivity contribution in [3.8, 4) is 0 Å². The molecule has 1 aliphatic carbocycles. The van der Waals surface area contributed by atoms with E-state index < -0.39 is 0 Å². The van der Waals surface area contributed by atoms with Gasteiger partial charge in [0, 0.05) is 11.8 Å². The van der Waals surface area contributed by atoms with Crippen molar-refractivity contribution in [2.45, 2.75) is 0 Å². The van der Waals surface area contributed by atoms with Crippen molar-refractivity contribution in [3.63, 3.8) is 0 Å². The monoisotopic (exact) mass is 135 g/mol. The predicted octanol–water partition coefficient (Wildman–Crippen LogP) is 0.270. The van der Waals surface area contributed by atoms with E-state index in [0.29, 0.717) is 0 Å². The Morgan fingerprint density at radius 3 is 2.50 bits per heavy atom. The maximum atomic E-state index is 10.7. The molecule has 0 aromatic heterocycles. The highest BCUT2D eigenvalue weighted by Crippen LogP contribution is 2.01. The van der Waals surface area contributed by atoms with E-state index in [2.05, 4.69) is 0 Å². The van der Waals surface area contributed by atoms with Crippen molar-refractivity contribution < 1.29 is 9.59 Å². The van der Waals surface area contributed by atoms with Crippen LogP contribution in [0.5, 0.6) is 0 Å². The van der Waals surface area contributed by atoms with E-state index in [1.165, 1.54) is 12.2 Å². The van der Waals surface area contributed by atoms with Crippen molar-refractivity contribution in [2.75, 3.05) is 0 Å². The quantitative estimate of drug-likeness (QED) is 0.414. The van der Waals surface area contributed by atoms with Gasteiger partial charge in [-0.3, -0.25) is 9.59 Å². The van der Waals surface area contributed by atoms with Crippen LogP contribution in [0.25, 0.3) is 0 Å². The van der Waals surface area contributed by atoms with Crippen LogP contribution in [0.15, 0.2) is 23.8 Å². The second kappa shape index (κ2) is 2.39. The lowest BCUT2D eigenvalue weighted by Gasteiger charge is -1.97. The standard InChI is InChI=1S/C7H5NO2/c8-4-5-3-6(9)1-2-7(5)10/h1-4,8H. The minimum absolute atomic E-state index is 0.146. The molecular formula is C7H5NO2. The van der Waals surface area contributed by atoms with Crippen molar-refractivity contribution in [3.05, 3.63) is 23.8 Å². The topological polar surface area (TPSA) is 58.0 Å². The van der Waals surface area contributed by atoms with E-state index in [1.807, 2.05) is 0 Å². The van der Waals surface area contributed by atoms with E-state index >= 15 is 0 Å².